The Morgan fingerprint density at radius 3 is 2.67 bits per heavy atom. The normalized spacial score (nSPS) is 11.5. The Morgan fingerprint density at radius 1 is 1.28 bits per heavy atom. The first-order valence-electron chi connectivity index (χ1n) is 5.92. The van der Waals surface area contributed by atoms with E-state index in [0.717, 1.165) is 13.0 Å². The molecule has 0 bridgehead atoms. The molecule has 18 heavy (non-hydrogen) atoms. The van der Waals surface area contributed by atoms with Crippen LogP contribution >= 0.6 is 0 Å². The van der Waals surface area contributed by atoms with Gasteiger partial charge in [0.1, 0.15) is 5.82 Å². The standard InChI is InChI=1S/C12H19FN2O2S/c1-3-6-14-7-8-18(16,17)15-12-9-11(13)5-4-10(12)2/h4-5,9,14-15H,3,6-8H2,1-2H3. The Balaban J connectivity index is 2.62. The SMILES string of the molecule is CCCNCCS(=O)(=O)Nc1cc(F)ccc1C. The molecule has 0 aliphatic heterocycles. The van der Waals surface area contributed by atoms with Crippen LogP contribution in [0, 0.1) is 12.7 Å². The second-order valence-electron chi connectivity index (χ2n) is 4.13. The maximum Gasteiger partial charge on any atom is 0.233 e. The summed E-state index contributed by atoms with van der Waals surface area (Å²) in [6.07, 6.45) is 0.955. The summed E-state index contributed by atoms with van der Waals surface area (Å²) in [5.74, 6) is -0.481. The first-order chi connectivity index (χ1) is 8.44. The van der Waals surface area contributed by atoms with E-state index in [-0.39, 0.29) is 5.75 Å². The zero-order valence-corrected chi connectivity index (χ0v) is 11.5. The van der Waals surface area contributed by atoms with Gasteiger partial charge in [-0.05, 0) is 37.6 Å². The number of sulfonamides is 1. The van der Waals surface area contributed by atoms with Crippen molar-refractivity contribution in [2.75, 3.05) is 23.6 Å². The lowest BCUT2D eigenvalue weighted by atomic mass is 10.2. The molecule has 0 heterocycles. The predicted molar refractivity (Wildman–Crippen MR) is 71.7 cm³/mol. The Morgan fingerprint density at radius 2 is 2.00 bits per heavy atom. The third-order valence-corrected chi connectivity index (χ3v) is 3.71. The van der Waals surface area contributed by atoms with Gasteiger partial charge in [-0.1, -0.05) is 13.0 Å². The van der Waals surface area contributed by atoms with Crippen LogP contribution in [0.2, 0.25) is 0 Å². The van der Waals surface area contributed by atoms with E-state index < -0.39 is 15.8 Å². The summed E-state index contributed by atoms with van der Waals surface area (Å²) in [4.78, 5) is 0. The summed E-state index contributed by atoms with van der Waals surface area (Å²) in [5.41, 5.74) is 0.993. The third-order valence-electron chi connectivity index (χ3n) is 2.44. The lowest BCUT2D eigenvalue weighted by Gasteiger charge is -2.10. The quantitative estimate of drug-likeness (QED) is 0.746. The minimum absolute atomic E-state index is 0.0248. The molecular weight excluding hydrogens is 255 g/mol. The maximum atomic E-state index is 13.0. The van der Waals surface area contributed by atoms with Crippen molar-refractivity contribution in [1.82, 2.24) is 5.32 Å². The van der Waals surface area contributed by atoms with E-state index in [4.69, 9.17) is 0 Å². The lowest BCUT2D eigenvalue weighted by Crippen LogP contribution is -2.27. The Hall–Kier alpha value is -1.14. The summed E-state index contributed by atoms with van der Waals surface area (Å²) in [6, 6.07) is 4.03. The van der Waals surface area contributed by atoms with Gasteiger partial charge in [-0.25, -0.2) is 12.8 Å². The van der Waals surface area contributed by atoms with Crippen LogP contribution in [0.15, 0.2) is 18.2 Å². The molecule has 0 atom stereocenters. The smallest absolute Gasteiger partial charge is 0.233 e. The number of benzene rings is 1. The molecule has 0 spiro atoms. The van der Waals surface area contributed by atoms with E-state index in [1.807, 2.05) is 6.92 Å². The van der Waals surface area contributed by atoms with E-state index in [9.17, 15) is 12.8 Å². The molecule has 0 saturated heterocycles. The van der Waals surface area contributed by atoms with Crippen LogP contribution in [0.1, 0.15) is 18.9 Å². The van der Waals surface area contributed by atoms with Gasteiger partial charge in [0, 0.05) is 6.54 Å². The van der Waals surface area contributed by atoms with Gasteiger partial charge in [0.25, 0.3) is 0 Å². The zero-order valence-electron chi connectivity index (χ0n) is 10.7. The molecule has 0 fully saturated rings. The highest BCUT2D eigenvalue weighted by Gasteiger charge is 2.11. The minimum Gasteiger partial charge on any atom is -0.316 e. The second kappa shape index (κ2) is 6.70. The monoisotopic (exact) mass is 274 g/mol. The van der Waals surface area contributed by atoms with Gasteiger partial charge in [0.2, 0.25) is 10.0 Å². The van der Waals surface area contributed by atoms with Crippen molar-refractivity contribution in [1.29, 1.82) is 0 Å². The Kier molecular flexibility index (Phi) is 5.55. The van der Waals surface area contributed by atoms with Crippen molar-refractivity contribution in [3.8, 4) is 0 Å². The molecule has 1 aromatic carbocycles. The van der Waals surface area contributed by atoms with Crippen LogP contribution in [0.25, 0.3) is 0 Å². The van der Waals surface area contributed by atoms with E-state index in [2.05, 4.69) is 10.0 Å². The molecule has 102 valence electrons. The van der Waals surface area contributed by atoms with Crippen molar-refractivity contribution in [2.45, 2.75) is 20.3 Å². The zero-order chi connectivity index (χ0) is 13.6. The molecular formula is C12H19FN2O2S. The highest BCUT2D eigenvalue weighted by Crippen LogP contribution is 2.17. The van der Waals surface area contributed by atoms with Crippen LogP contribution in [0.5, 0.6) is 0 Å². The number of rotatable bonds is 7. The Labute approximate surface area is 108 Å². The van der Waals surface area contributed by atoms with Gasteiger partial charge in [-0.2, -0.15) is 0 Å². The second-order valence-corrected chi connectivity index (χ2v) is 5.97. The van der Waals surface area contributed by atoms with E-state index >= 15 is 0 Å². The van der Waals surface area contributed by atoms with Gasteiger partial charge in [0.05, 0.1) is 11.4 Å². The highest BCUT2D eigenvalue weighted by molar-refractivity contribution is 7.92. The van der Waals surface area contributed by atoms with E-state index in [1.54, 1.807) is 13.0 Å². The number of anilines is 1. The van der Waals surface area contributed by atoms with Crippen molar-refractivity contribution in [2.24, 2.45) is 0 Å². The Bertz CT molecular complexity index is 489. The van der Waals surface area contributed by atoms with Crippen molar-refractivity contribution in [3.05, 3.63) is 29.6 Å². The average Bonchev–Trinajstić information content (AvgIpc) is 2.29. The number of hydrogen-bond acceptors (Lipinski definition) is 3. The molecule has 2 N–H and O–H groups in total. The van der Waals surface area contributed by atoms with Crippen molar-refractivity contribution in [3.63, 3.8) is 0 Å². The lowest BCUT2D eigenvalue weighted by molar-refractivity contribution is 0.595. The van der Waals surface area contributed by atoms with Gasteiger partial charge in [0.15, 0.2) is 0 Å². The molecule has 0 aliphatic rings. The first-order valence-corrected chi connectivity index (χ1v) is 7.57. The fourth-order valence-corrected chi connectivity index (χ4v) is 2.50. The fraction of sp³-hybridized carbons (Fsp3) is 0.500. The summed E-state index contributed by atoms with van der Waals surface area (Å²) >= 11 is 0. The van der Waals surface area contributed by atoms with Crippen LogP contribution in [-0.2, 0) is 10.0 Å². The molecule has 0 unspecified atom stereocenters. The molecule has 1 rings (SSSR count). The number of nitrogens with one attached hydrogen (secondary N) is 2. The van der Waals surface area contributed by atoms with Gasteiger partial charge < -0.3 is 5.32 Å². The van der Waals surface area contributed by atoms with Gasteiger partial charge >= 0.3 is 0 Å². The van der Waals surface area contributed by atoms with Crippen LogP contribution in [0.3, 0.4) is 0 Å². The summed E-state index contributed by atoms with van der Waals surface area (Å²) in [5, 5.41) is 3.01. The fourth-order valence-electron chi connectivity index (χ4n) is 1.43. The summed E-state index contributed by atoms with van der Waals surface area (Å²) in [7, 11) is -3.43. The molecule has 0 saturated carbocycles. The largest absolute Gasteiger partial charge is 0.316 e. The minimum atomic E-state index is -3.43. The molecule has 4 nitrogen and oxygen atoms in total. The summed E-state index contributed by atoms with van der Waals surface area (Å²) in [6.45, 7) is 4.91. The number of aryl methyl sites for hydroxylation is 1. The van der Waals surface area contributed by atoms with E-state index in [0.29, 0.717) is 17.8 Å². The highest BCUT2D eigenvalue weighted by atomic mass is 32.2. The van der Waals surface area contributed by atoms with Crippen LogP contribution in [0.4, 0.5) is 10.1 Å². The first kappa shape index (κ1) is 14.9. The molecule has 6 heteroatoms. The van der Waals surface area contributed by atoms with Crippen LogP contribution < -0.4 is 10.0 Å². The number of halogens is 1. The average molecular weight is 274 g/mol. The van der Waals surface area contributed by atoms with Gasteiger partial charge in [-0.15, -0.1) is 0 Å². The summed E-state index contributed by atoms with van der Waals surface area (Å²) < 4.78 is 38.9. The van der Waals surface area contributed by atoms with Crippen molar-refractivity contribution < 1.29 is 12.8 Å². The maximum absolute atomic E-state index is 13.0. The molecule has 0 aromatic heterocycles. The molecule has 0 amide bonds. The van der Waals surface area contributed by atoms with E-state index in [1.165, 1.54) is 12.1 Å². The predicted octanol–water partition coefficient (Wildman–Crippen LogP) is 1.88. The molecule has 1 aromatic rings. The molecule has 0 radical (unpaired) electrons. The number of hydrogen-bond donors (Lipinski definition) is 2. The van der Waals surface area contributed by atoms with Crippen LogP contribution in [-0.4, -0.2) is 27.3 Å². The third kappa shape index (κ3) is 5.01. The topological polar surface area (TPSA) is 58.2 Å². The van der Waals surface area contributed by atoms with Gasteiger partial charge in [-0.3, -0.25) is 4.72 Å². The molecule has 0 aliphatic carbocycles. The van der Waals surface area contributed by atoms with Crippen molar-refractivity contribution >= 4 is 15.7 Å².